The summed E-state index contributed by atoms with van der Waals surface area (Å²) in [6, 6.07) is 7.97. The third-order valence-electron chi connectivity index (χ3n) is 6.66. The summed E-state index contributed by atoms with van der Waals surface area (Å²) in [4.78, 5) is 31.4. The lowest BCUT2D eigenvalue weighted by molar-refractivity contribution is -0.113. The van der Waals surface area contributed by atoms with Crippen LogP contribution in [0.25, 0.3) is 11.6 Å². The SMILES string of the molecule is CCCNC(=O)c1ccc2c(c1)N(CC1CCC(N)CC1)C(=O)/C2=C\c1[nH]c(C)cc1C. The highest BCUT2D eigenvalue weighted by molar-refractivity contribution is 6.36. The van der Waals surface area contributed by atoms with Gasteiger partial charge >= 0.3 is 0 Å². The number of H-pyrrole nitrogens is 1. The largest absolute Gasteiger partial charge is 0.359 e. The molecule has 0 atom stereocenters. The molecule has 0 spiro atoms. The Kier molecular flexibility index (Phi) is 6.51. The van der Waals surface area contributed by atoms with Crippen molar-refractivity contribution in [1.29, 1.82) is 0 Å². The molecule has 0 unspecified atom stereocenters. The number of aromatic nitrogens is 1. The van der Waals surface area contributed by atoms with Crippen molar-refractivity contribution in [3.05, 3.63) is 52.3 Å². The van der Waals surface area contributed by atoms with Gasteiger partial charge in [-0.05, 0) is 81.7 Å². The first-order valence-electron chi connectivity index (χ1n) is 11.7. The highest BCUT2D eigenvalue weighted by Gasteiger charge is 2.35. The molecule has 2 amide bonds. The summed E-state index contributed by atoms with van der Waals surface area (Å²) >= 11 is 0. The van der Waals surface area contributed by atoms with Crippen LogP contribution in [0.4, 0.5) is 5.69 Å². The topological polar surface area (TPSA) is 91.2 Å². The summed E-state index contributed by atoms with van der Waals surface area (Å²) in [6.07, 6.45) is 6.91. The van der Waals surface area contributed by atoms with Crippen LogP contribution in [0.15, 0.2) is 24.3 Å². The molecule has 1 aromatic heterocycles. The maximum absolute atomic E-state index is 13.6. The lowest BCUT2D eigenvalue weighted by Gasteiger charge is -2.30. The van der Waals surface area contributed by atoms with Crippen molar-refractivity contribution in [2.45, 2.75) is 58.9 Å². The number of aryl methyl sites for hydroxylation is 2. The Morgan fingerprint density at radius 2 is 1.97 bits per heavy atom. The number of nitrogens with one attached hydrogen (secondary N) is 2. The standard InChI is InChI=1S/C26H34N4O2/c1-4-11-28-25(31)19-7-10-21-22(14-23-16(2)12-17(3)29-23)26(32)30(24(21)13-19)15-18-5-8-20(27)9-6-18/h7,10,12-14,18,20,29H,4-6,8-9,11,15,27H2,1-3H3,(H,28,31)/b22-14-. The highest BCUT2D eigenvalue weighted by Crippen LogP contribution is 2.40. The molecule has 4 rings (SSSR count). The molecule has 170 valence electrons. The van der Waals surface area contributed by atoms with Gasteiger partial charge in [-0.1, -0.05) is 13.0 Å². The molecule has 1 fully saturated rings. The average molecular weight is 435 g/mol. The maximum Gasteiger partial charge on any atom is 0.259 e. The van der Waals surface area contributed by atoms with E-state index in [9.17, 15) is 9.59 Å². The van der Waals surface area contributed by atoms with Crippen molar-refractivity contribution in [2.75, 3.05) is 18.0 Å². The number of rotatable bonds is 6. The van der Waals surface area contributed by atoms with E-state index in [4.69, 9.17) is 5.73 Å². The molecule has 32 heavy (non-hydrogen) atoms. The van der Waals surface area contributed by atoms with E-state index in [0.29, 0.717) is 30.1 Å². The lowest BCUT2D eigenvalue weighted by Crippen LogP contribution is -2.36. The third kappa shape index (κ3) is 4.51. The molecule has 1 saturated carbocycles. The van der Waals surface area contributed by atoms with E-state index in [2.05, 4.69) is 16.4 Å². The average Bonchev–Trinajstić information content (AvgIpc) is 3.23. The first kappa shape index (κ1) is 22.3. The zero-order valence-corrected chi connectivity index (χ0v) is 19.3. The number of nitrogens with two attached hydrogens (primary N) is 1. The molecule has 1 aliphatic heterocycles. The van der Waals surface area contributed by atoms with Crippen LogP contribution in [0, 0.1) is 19.8 Å². The molecule has 0 radical (unpaired) electrons. The minimum atomic E-state index is -0.0982. The van der Waals surface area contributed by atoms with Gasteiger partial charge in [0.2, 0.25) is 0 Å². The normalized spacial score (nSPS) is 21.8. The van der Waals surface area contributed by atoms with Crippen molar-refractivity contribution >= 4 is 29.2 Å². The second kappa shape index (κ2) is 9.33. The molecule has 6 nitrogen and oxygen atoms in total. The van der Waals surface area contributed by atoms with Crippen LogP contribution >= 0.6 is 0 Å². The highest BCUT2D eigenvalue weighted by atomic mass is 16.2. The smallest absolute Gasteiger partial charge is 0.259 e. The predicted molar refractivity (Wildman–Crippen MR) is 129 cm³/mol. The number of amides is 2. The Bertz CT molecular complexity index is 1040. The van der Waals surface area contributed by atoms with Crippen LogP contribution in [-0.4, -0.2) is 35.9 Å². The minimum absolute atomic E-state index is 0.00708. The number of anilines is 1. The van der Waals surface area contributed by atoms with Crippen LogP contribution in [0.5, 0.6) is 0 Å². The molecular formula is C26H34N4O2. The van der Waals surface area contributed by atoms with Crippen molar-refractivity contribution in [1.82, 2.24) is 10.3 Å². The van der Waals surface area contributed by atoms with Gasteiger partial charge in [0.1, 0.15) is 0 Å². The van der Waals surface area contributed by atoms with Gasteiger partial charge in [0, 0.05) is 41.6 Å². The van der Waals surface area contributed by atoms with Gasteiger partial charge in [-0.25, -0.2) is 0 Å². The zero-order chi connectivity index (χ0) is 22.8. The zero-order valence-electron chi connectivity index (χ0n) is 19.3. The Morgan fingerprint density at radius 1 is 1.22 bits per heavy atom. The minimum Gasteiger partial charge on any atom is -0.359 e. The van der Waals surface area contributed by atoms with Crippen LogP contribution in [0.3, 0.4) is 0 Å². The molecule has 0 bridgehead atoms. The number of nitrogens with zero attached hydrogens (tertiary/aromatic N) is 1. The van der Waals surface area contributed by atoms with Crippen molar-refractivity contribution in [3.63, 3.8) is 0 Å². The lowest BCUT2D eigenvalue weighted by atomic mass is 9.86. The second-order valence-corrected chi connectivity index (χ2v) is 9.29. The molecule has 6 heteroatoms. The van der Waals surface area contributed by atoms with E-state index in [-0.39, 0.29) is 17.9 Å². The summed E-state index contributed by atoms with van der Waals surface area (Å²) in [6.45, 7) is 7.39. The second-order valence-electron chi connectivity index (χ2n) is 9.29. The van der Waals surface area contributed by atoms with Gasteiger partial charge in [0.25, 0.3) is 11.8 Å². The van der Waals surface area contributed by atoms with Gasteiger partial charge in [0.05, 0.1) is 11.3 Å². The number of hydrogen-bond donors (Lipinski definition) is 3. The van der Waals surface area contributed by atoms with Crippen molar-refractivity contribution in [2.24, 2.45) is 11.7 Å². The Balaban J connectivity index is 1.70. The van der Waals surface area contributed by atoms with Gasteiger partial charge in [-0.15, -0.1) is 0 Å². The van der Waals surface area contributed by atoms with E-state index in [1.165, 1.54) is 0 Å². The van der Waals surface area contributed by atoms with Crippen LogP contribution in [0.1, 0.15) is 71.9 Å². The summed E-state index contributed by atoms with van der Waals surface area (Å²) in [7, 11) is 0. The summed E-state index contributed by atoms with van der Waals surface area (Å²) in [5.74, 6) is 0.338. The number of carbonyl (C=O) groups is 2. The fourth-order valence-corrected chi connectivity index (χ4v) is 4.83. The monoisotopic (exact) mass is 434 g/mol. The van der Waals surface area contributed by atoms with Crippen molar-refractivity contribution in [3.8, 4) is 0 Å². The van der Waals surface area contributed by atoms with E-state index in [1.54, 1.807) is 0 Å². The first-order chi connectivity index (χ1) is 15.4. The maximum atomic E-state index is 13.6. The molecule has 2 heterocycles. The van der Waals surface area contributed by atoms with E-state index in [1.807, 2.05) is 49.9 Å². The van der Waals surface area contributed by atoms with E-state index in [0.717, 1.165) is 60.3 Å². The Labute approximate surface area is 190 Å². The predicted octanol–water partition coefficient (Wildman–Crippen LogP) is 4.18. The molecule has 2 aromatic rings. The van der Waals surface area contributed by atoms with Gasteiger partial charge in [0.15, 0.2) is 0 Å². The summed E-state index contributed by atoms with van der Waals surface area (Å²) < 4.78 is 0. The number of aromatic amines is 1. The molecule has 1 aromatic carbocycles. The van der Waals surface area contributed by atoms with Gasteiger partial charge in [-0.2, -0.15) is 0 Å². The number of benzene rings is 1. The Hall–Kier alpha value is -2.86. The van der Waals surface area contributed by atoms with Crippen LogP contribution < -0.4 is 16.0 Å². The molecule has 4 N–H and O–H groups in total. The number of hydrogen-bond acceptors (Lipinski definition) is 3. The fraction of sp³-hybridized carbons (Fsp3) is 0.462. The third-order valence-corrected chi connectivity index (χ3v) is 6.66. The Morgan fingerprint density at radius 3 is 2.62 bits per heavy atom. The molecule has 2 aliphatic rings. The van der Waals surface area contributed by atoms with Gasteiger partial charge in [-0.3, -0.25) is 9.59 Å². The van der Waals surface area contributed by atoms with E-state index < -0.39 is 0 Å². The molecule has 1 aliphatic carbocycles. The fourth-order valence-electron chi connectivity index (χ4n) is 4.83. The quantitative estimate of drug-likeness (QED) is 0.596. The number of fused-ring (bicyclic) bond motifs is 1. The molecule has 0 saturated heterocycles. The van der Waals surface area contributed by atoms with Crippen molar-refractivity contribution < 1.29 is 9.59 Å². The summed E-state index contributed by atoms with van der Waals surface area (Å²) in [5, 5.41) is 2.94. The first-order valence-corrected chi connectivity index (χ1v) is 11.7. The number of carbonyl (C=O) groups excluding carboxylic acids is 2. The van der Waals surface area contributed by atoms with Crippen LogP contribution in [-0.2, 0) is 4.79 Å². The van der Waals surface area contributed by atoms with Gasteiger partial charge < -0.3 is 20.9 Å². The van der Waals surface area contributed by atoms with E-state index >= 15 is 0 Å². The summed E-state index contributed by atoms with van der Waals surface area (Å²) in [5.41, 5.74) is 12.2. The van der Waals surface area contributed by atoms with Crippen LogP contribution in [0.2, 0.25) is 0 Å². The molecular weight excluding hydrogens is 400 g/mol.